The number of thiophene rings is 1. The van der Waals surface area contributed by atoms with Crippen molar-refractivity contribution >= 4 is 29.0 Å². The third-order valence-corrected chi connectivity index (χ3v) is 5.62. The van der Waals surface area contributed by atoms with Gasteiger partial charge in [-0.25, -0.2) is 0 Å². The molecule has 1 aliphatic rings. The maximum absolute atomic E-state index is 12.1. The van der Waals surface area contributed by atoms with Crippen LogP contribution in [-0.4, -0.2) is 17.4 Å². The Morgan fingerprint density at radius 2 is 2.22 bits per heavy atom. The zero-order chi connectivity index (χ0) is 13.0. The highest BCUT2D eigenvalue weighted by Gasteiger charge is 2.29. The van der Waals surface area contributed by atoms with Crippen LogP contribution in [0.4, 0.5) is 0 Å². The van der Waals surface area contributed by atoms with E-state index in [2.05, 4.69) is 22.8 Å². The molecule has 1 fully saturated rings. The summed E-state index contributed by atoms with van der Waals surface area (Å²) in [5.41, 5.74) is 0. The molecule has 1 N–H and O–H groups in total. The van der Waals surface area contributed by atoms with E-state index < -0.39 is 0 Å². The lowest BCUT2D eigenvalue weighted by Gasteiger charge is -2.25. The second kappa shape index (κ2) is 6.62. The van der Waals surface area contributed by atoms with Gasteiger partial charge in [-0.3, -0.25) is 4.79 Å². The van der Waals surface area contributed by atoms with Gasteiger partial charge in [0.1, 0.15) is 0 Å². The van der Waals surface area contributed by atoms with Crippen molar-refractivity contribution in [3.05, 3.63) is 22.4 Å². The Morgan fingerprint density at radius 3 is 2.78 bits per heavy atom. The van der Waals surface area contributed by atoms with Crippen LogP contribution in [0, 0.1) is 5.92 Å². The molecule has 1 aromatic heterocycles. The molecule has 1 saturated carbocycles. The Labute approximate surface area is 118 Å². The minimum Gasteiger partial charge on any atom is -0.347 e. The Bertz CT molecular complexity index is 371. The number of rotatable bonds is 5. The molecule has 2 nitrogen and oxygen atoms in total. The van der Waals surface area contributed by atoms with Crippen LogP contribution in [-0.2, 0) is 4.79 Å². The number of amides is 1. The molecule has 0 unspecified atom stereocenters. The molecule has 0 spiro atoms. The summed E-state index contributed by atoms with van der Waals surface area (Å²) in [4.78, 5) is 13.4. The lowest BCUT2D eigenvalue weighted by atomic mass is 9.96. The van der Waals surface area contributed by atoms with Gasteiger partial charge >= 0.3 is 0 Å². The zero-order valence-corrected chi connectivity index (χ0v) is 12.7. The molecular formula is C14H21NOS2. The summed E-state index contributed by atoms with van der Waals surface area (Å²) < 4.78 is 0. The van der Waals surface area contributed by atoms with E-state index in [-0.39, 0.29) is 17.2 Å². The summed E-state index contributed by atoms with van der Waals surface area (Å²) in [6.07, 6.45) is 7.09. The zero-order valence-electron chi connectivity index (χ0n) is 11.0. The van der Waals surface area contributed by atoms with Crippen molar-refractivity contribution in [3.8, 4) is 0 Å². The molecular weight excluding hydrogens is 262 g/mol. The standard InChI is InChI=1S/C14H21NOS2/c1-10(17-2)14(16)15-13(11-6-3-4-7-11)12-8-5-9-18-12/h5,8-11,13H,3-4,6-7H2,1-2H3,(H,15,16)/t10-,13-/m0/s1. The lowest BCUT2D eigenvalue weighted by Crippen LogP contribution is -2.36. The highest BCUT2D eigenvalue weighted by Crippen LogP contribution is 2.37. The summed E-state index contributed by atoms with van der Waals surface area (Å²) in [6, 6.07) is 4.46. The van der Waals surface area contributed by atoms with E-state index in [4.69, 9.17) is 0 Å². The van der Waals surface area contributed by atoms with Crippen LogP contribution < -0.4 is 5.32 Å². The van der Waals surface area contributed by atoms with E-state index in [1.807, 2.05) is 13.2 Å². The smallest absolute Gasteiger partial charge is 0.233 e. The maximum Gasteiger partial charge on any atom is 0.233 e. The van der Waals surface area contributed by atoms with E-state index in [1.165, 1.54) is 30.6 Å². The minimum atomic E-state index is 0.0360. The van der Waals surface area contributed by atoms with Gasteiger partial charge in [0.2, 0.25) is 5.91 Å². The Kier molecular flexibility index (Phi) is 5.13. The SMILES string of the molecule is CS[C@@H](C)C(=O)N[C@H](c1cccs1)C1CCCC1. The molecule has 1 aromatic rings. The highest BCUT2D eigenvalue weighted by molar-refractivity contribution is 7.99. The van der Waals surface area contributed by atoms with E-state index >= 15 is 0 Å². The molecule has 1 aliphatic carbocycles. The van der Waals surface area contributed by atoms with Gasteiger partial charge in [0, 0.05) is 4.88 Å². The second-order valence-corrected chi connectivity index (χ2v) is 7.08. The van der Waals surface area contributed by atoms with Gasteiger partial charge in [0.05, 0.1) is 11.3 Å². The molecule has 0 bridgehead atoms. The molecule has 0 aliphatic heterocycles. The minimum absolute atomic E-state index is 0.0360. The largest absolute Gasteiger partial charge is 0.347 e. The Balaban J connectivity index is 2.07. The lowest BCUT2D eigenvalue weighted by molar-refractivity contribution is -0.121. The van der Waals surface area contributed by atoms with Crippen LogP contribution in [0.2, 0.25) is 0 Å². The topological polar surface area (TPSA) is 29.1 Å². The first-order chi connectivity index (χ1) is 8.72. The number of thioether (sulfide) groups is 1. The van der Waals surface area contributed by atoms with Gasteiger partial charge in [-0.2, -0.15) is 11.8 Å². The molecule has 0 saturated heterocycles. The molecule has 0 radical (unpaired) electrons. The molecule has 1 heterocycles. The van der Waals surface area contributed by atoms with Crippen molar-refractivity contribution < 1.29 is 4.79 Å². The predicted octanol–water partition coefficient (Wildman–Crippen LogP) is 3.85. The normalized spacial score (nSPS) is 19.7. The number of carbonyl (C=O) groups is 1. The van der Waals surface area contributed by atoms with Crippen molar-refractivity contribution in [1.29, 1.82) is 0 Å². The van der Waals surface area contributed by atoms with Crippen LogP contribution in [0.1, 0.15) is 43.5 Å². The number of hydrogen-bond acceptors (Lipinski definition) is 3. The first-order valence-electron chi connectivity index (χ1n) is 6.59. The summed E-state index contributed by atoms with van der Waals surface area (Å²) in [5.74, 6) is 0.800. The monoisotopic (exact) mass is 283 g/mol. The third kappa shape index (κ3) is 3.29. The van der Waals surface area contributed by atoms with Crippen LogP contribution in [0.3, 0.4) is 0 Å². The van der Waals surface area contributed by atoms with Gasteiger partial charge < -0.3 is 5.32 Å². The quantitative estimate of drug-likeness (QED) is 0.889. The van der Waals surface area contributed by atoms with E-state index in [1.54, 1.807) is 23.1 Å². The van der Waals surface area contributed by atoms with Crippen molar-refractivity contribution in [2.75, 3.05) is 6.26 Å². The van der Waals surface area contributed by atoms with Crippen molar-refractivity contribution in [2.24, 2.45) is 5.92 Å². The van der Waals surface area contributed by atoms with Crippen molar-refractivity contribution in [1.82, 2.24) is 5.32 Å². The average Bonchev–Trinajstić information content (AvgIpc) is 3.06. The fourth-order valence-corrected chi connectivity index (χ4v) is 3.71. The fourth-order valence-electron chi connectivity index (χ4n) is 2.56. The number of nitrogens with one attached hydrogen (secondary N) is 1. The summed E-state index contributed by atoms with van der Waals surface area (Å²) in [5, 5.41) is 5.40. The first-order valence-corrected chi connectivity index (χ1v) is 8.75. The van der Waals surface area contributed by atoms with E-state index in [0.717, 1.165) is 0 Å². The van der Waals surface area contributed by atoms with Gasteiger partial charge in [0.25, 0.3) is 0 Å². The Morgan fingerprint density at radius 1 is 1.50 bits per heavy atom. The first kappa shape index (κ1) is 13.9. The second-order valence-electron chi connectivity index (χ2n) is 4.92. The van der Waals surface area contributed by atoms with E-state index in [0.29, 0.717) is 5.92 Å². The number of carbonyl (C=O) groups excluding carboxylic acids is 1. The van der Waals surface area contributed by atoms with Crippen LogP contribution >= 0.6 is 23.1 Å². The van der Waals surface area contributed by atoms with E-state index in [9.17, 15) is 4.79 Å². The van der Waals surface area contributed by atoms with Gasteiger partial charge in [-0.1, -0.05) is 18.9 Å². The molecule has 0 aromatic carbocycles. The fraction of sp³-hybridized carbons (Fsp3) is 0.643. The molecule has 4 heteroatoms. The molecule has 2 rings (SSSR count). The van der Waals surface area contributed by atoms with Crippen LogP contribution in [0.15, 0.2) is 17.5 Å². The number of hydrogen-bond donors (Lipinski definition) is 1. The van der Waals surface area contributed by atoms with Crippen molar-refractivity contribution in [2.45, 2.75) is 43.9 Å². The summed E-state index contributed by atoms with van der Waals surface area (Å²) >= 11 is 3.36. The average molecular weight is 283 g/mol. The summed E-state index contributed by atoms with van der Waals surface area (Å²) in [6.45, 7) is 1.97. The molecule has 18 heavy (non-hydrogen) atoms. The predicted molar refractivity (Wildman–Crippen MR) is 80.1 cm³/mol. The van der Waals surface area contributed by atoms with Crippen LogP contribution in [0.5, 0.6) is 0 Å². The maximum atomic E-state index is 12.1. The van der Waals surface area contributed by atoms with Gasteiger partial charge in [-0.05, 0) is 43.4 Å². The highest BCUT2D eigenvalue weighted by atomic mass is 32.2. The third-order valence-electron chi connectivity index (χ3n) is 3.74. The van der Waals surface area contributed by atoms with Crippen molar-refractivity contribution in [3.63, 3.8) is 0 Å². The van der Waals surface area contributed by atoms with Gasteiger partial charge in [0.15, 0.2) is 0 Å². The molecule has 1 amide bonds. The molecule has 100 valence electrons. The Hall–Kier alpha value is -0.480. The van der Waals surface area contributed by atoms with Gasteiger partial charge in [-0.15, -0.1) is 11.3 Å². The van der Waals surface area contributed by atoms with Crippen LogP contribution in [0.25, 0.3) is 0 Å². The molecule has 2 atom stereocenters. The summed E-state index contributed by atoms with van der Waals surface area (Å²) in [7, 11) is 0.